The fourth-order valence-electron chi connectivity index (χ4n) is 3.91. The predicted molar refractivity (Wildman–Crippen MR) is 115 cm³/mol. The number of nitrogens with two attached hydrogens (primary N) is 1. The molecule has 9 heteroatoms. The van der Waals surface area contributed by atoms with Gasteiger partial charge < -0.3 is 10.5 Å². The highest BCUT2D eigenvalue weighted by molar-refractivity contribution is 7.22. The minimum absolute atomic E-state index is 0.185. The summed E-state index contributed by atoms with van der Waals surface area (Å²) < 4.78 is 8.09. The molecular weight excluding hydrogens is 398 g/mol. The van der Waals surface area contributed by atoms with Crippen molar-refractivity contribution in [2.75, 3.05) is 12.8 Å². The molecule has 5 aromatic rings. The SMILES string of the molecule is COc1ccc(C2(c3nnc4ncc(-c5ccc6nc(N)sc6c5)nn34)CC2)cc1. The van der Waals surface area contributed by atoms with Crippen LogP contribution in [0.5, 0.6) is 5.75 Å². The van der Waals surface area contributed by atoms with Crippen LogP contribution in [0.15, 0.2) is 48.7 Å². The molecule has 1 aliphatic rings. The molecule has 0 aliphatic heterocycles. The summed E-state index contributed by atoms with van der Waals surface area (Å²) in [6.45, 7) is 0. The Bertz CT molecular complexity index is 1400. The second-order valence-electron chi connectivity index (χ2n) is 7.42. The van der Waals surface area contributed by atoms with Gasteiger partial charge in [-0.05, 0) is 42.7 Å². The van der Waals surface area contributed by atoms with Crippen molar-refractivity contribution < 1.29 is 4.74 Å². The minimum Gasteiger partial charge on any atom is -0.497 e. The third kappa shape index (κ3) is 2.55. The summed E-state index contributed by atoms with van der Waals surface area (Å²) >= 11 is 1.46. The Balaban J connectivity index is 1.46. The molecule has 0 amide bonds. The predicted octanol–water partition coefficient (Wildman–Crippen LogP) is 3.47. The number of hydrogen-bond donors (Lipinski definition) is 1. The van der Waals surface area contributed by atoms with Crippen molar-refractivity contribution >= 4 is 32.5 Å². The summed E-state index contributed by atoms with van der Waals surface area (Å²) in [4.78, 5) is 8.81. The van der Waals surface area contributed by atoms with Crippen molar-refractivity contribution in [3.8, 4) is 17.0 Å². The highest BCUT2D eigenvalue weighted by atomic mass is 32.1. The topological polar surface area (TPSA) is 104 Å². The van der Waals surface area contributed by atoms with E-state index in [0.29, 0.717) is 10.9 Å². The monoisotopic (exact) mass is 415 g/mol. The van der Waals surface area contributed by atoms with Crippen molar-refractivity contribution in [2.24, 2.45) is 0 Å². The zero-order valence-electron chi connectivity index (χ0n) is 16.1. The number of fused-ring (bicyclic) bond motifs is 2. The van der Waals surface area contributed by atoms with Gasteiger partial charge in [-0.15, -0.1) is 10.2 Å². The molecule has 0 spiro atoms. The maximum absolute atomic E-state index is 5.84. The van der Waals surface area contributed by atoms with Gasteiger partial charge in [0.15, 0.2) is 11.0 Å². The van der Waals surface area contributed by atoms with Gasteiger partial charge in [-0.25, -0.2) is 9.97 Å². The molecule has 30 heavy (non-hydrogen) atoms. The normalized spacial score (nSPS) is 15.0. The number of benzene rings is 2. The van der Waals surface area contributed by atoms with Crippen molar-refractivity contribution in [1.82, 2.24) is 29.8 Å². The molecule has 2 aromatic carbocycles. The Labute approximate surface area is 175 Å². The van der Waals surface area contributed by atoms with Gasteiger partial charge in [0.2, 0.25) is 0 Å². The highest BCUT2D eigenvalue weighted by Gasteiger charge is 2.50. The first kappa shape index (κ1) is 17.3. The lowest BCUT2D eigenvalue weighted by atomic mass is 9.95. The summed E-state index contributed by atoms with van der Waals surface area (Å²) in [5.41, 5.74) is 9.43. The number of thiazole rings is 1. The van der Waals surface area contributed by atoms with Crippen LogP contribution in [0.2, 0.25) is 0 Å². The number of methoxy groups -OCH3 is 1. The molecule has 2 N–H and O–H groups in total. The van der Waals surface area contributed by atoms with Crippen LogP contribution in [0.3, 0.4) is 0 Å². The zero-order valence-corrected chi connectivity index (χ0v) is 16.9. The Morgan fingerprint density at radius 2 is 1.93 bits per heavy atom. The van der Waals surface area contributed by atoms with Gasteiger partial charge in [0.25, 0.3) is 5.78 Å². The van der Waals surface area contributed by atoms with E-state index < -0.39 is 0 Å². The molecule has 3 aromatic heterocycles. The molecule has 0 unspecified atom stereocenters. The lowest BCUT2D eigenvalue weighted by Crippen LogP contribution is -2.15. The van der Waals surface area contributed by atoms with Gasteiger partial charge >= 0.3 is 0 Å². The average molecular weight is 415 g/mol. The third-order valence-corrected chi connectivity index (χ3v) is 6.50. The number of rotatable bonds is 4. The molecule has 3 heterocycles. The van der Waals surface area contributed by atoms with E-state index in [-0.39, 0.29) is 5.41 Å². The first-order chi connectivity index (χ1) is 14.7. The van der Waals surface area contributed by atoms with Crippen LogP contribution in [-0.2, 0) is 5.41 Å². The molecule has 0 saturated heterocycles. The molecule has 6 rings (SSSR count). The average Bonchev–Trinajstić information content (AvgIpc) is 3.32. The summed E-state index contributed by atoms with van der Waals surface area (Å²) in [5.74, 6) is 2.15. The molecule has 8 nitrogen and oxygen atoms in total. The molecule has 0 bridgehead atoms. The molecular formula is C21H17N7OS. The van der Waals surface area contributed by atoms with Crippen LogP contribution < -0.4 is 10.5 Å². The third-order valence-electron chi connectivity index (χ3n) is 5.66. The zero-order chi connectivity index (χ0) is 20.3. The lowest BCUT2D eigenvalue weighted by Gasteiger charge is -2.14. The Morgan fingerprint density at radius 3 is 2.70 bits per heavy atom. The van der Waals surface area contributed by atoms with Crippen LogP contribution in [0.1, 0.15) is 24.2 Å². The number of ether oxygens (including phenoxy) is 1. The first-order valence-electron chi connectivity index (χ1n) is 9.56. The smallest absolute Gasteiger partial charge is 0.271 e. The molecule has 148 valence electrons. The standard InChI is InChI=1S/C21H17N7OS/c1-29-14-5-3-13(4-6-14)21(8-9-21)18-25-26-20-23-11-16(27-28(18)20)12-2-7-15-17(10-12)30-19(22)24-15/h2-7,10-11H,8-9H2,1H3,(H2,22,24). The van der Waals surface area contributed by atoms with E-state index in [1.165, 1.54) is 16.9 Å². The van der Waals surface area contributed by atoms with Gasteiger partial charge in [-0.3, -0.25) is 0 Å². The molecule has 1 saturated carbocycles. The van der Waals surface area contributed by atoms with Gasteiger partial charge in [-0.1, -0.05) is 29.5 Å². The van der Waals surface area contributed by atoms with Crippen LogP contribution in [0.25, 0.3) is 27.3 Å². The van der Waals surface area contributed by atoms with Crippen LogP contribution in [0.4, 0.5) is 5.13 Å². The van der Waals surface area contributed by atoms with E-state index in [4.69, 9.17) is 15.6 Å². The van der Waals surface area contributed by atoms with Crippen molar-refractivity contribution in [3.05, 3.63) is 60.0 Å². The molecule has 0 radical (unpaired) electrons. The highest BCUT2D eigenvalue weighted by Crippen LogP contribution is 2.52. The number of anilines is 1. The van der Waals surface area contributed by atoms with Crippen LogP contribution >= 0.6 is 11.3 Å². The second kappa shape index (κ2) is 6.20. The summed E-state index contributed by atoms with van der Waals surface area (Å²) in [6.07, 6.45) is 3.72. The Kier molecular flexibility index (Phi) is 3.57. The van der Waals surface area contributed by atoms with Crippen molar-refractivity contribution in [3.63, 3.8) is 0 Å². The summed E-state index contributed by atoms with van der Waals surface area (Å²) in [7, 11) is 1.67. The van der Waals surface area contributed by atoms with Crippen LogP contribution in [0, 0.1) is 0 Å². The summed E-state index contributed by atoms with van der Waals surface area (Å²) in [5, 5.41) is 14.1. The van der Waals surface area contributed by atoms with Gasteiger partial charge in [0, 0.05) is 5.56 Å². The van der Waals surface area contributed by atoms with E-state index >= 15 is 0 Å². The van der Waals surface area contributed by atoms with E-state index in [1.54, 1.807) is 17.8 Å². The maximum Gasteiger partial charge on any atom is 0.271 e. The van der Waals surface area contributed by atoms with Gasteiger partial charge in [0.05, 0.1) is 28.9 Å². The largest absolute Gasteiger partial charge is 0.497 e. The molecule has 0 atom stereocenters. The summed E-state index contributed by atoms with van der Waals surface area (Å²) in [6, 6.07) is 14.1. The van der Waals surface area contributed by atoms with Crippen molar-refractivity contribution in [2.45, 2.75) is 18.3 Å². The lowest BCUT2D eigenvalue weighted by molar-refractivity contribution is 0.414. The first-order valence-corrected chi connectivity index (χ1v) is 10.4. The van der Waals surface area contributed by atoms with E-state index in [2.05, 4.69) is 32.3 Å². The fraction of sp³-hybridized carbons (Fsp3) is 0.190. The second-order valence-corrected chi connectivity index (χ2v) is 8.49. The Hall–Kier alpha value is -3.59. The van der Waals surface area contributed by atoms with Crippen molar-refractivity contribution in [1.29, 1.82) is 0 Å². The fourth-order valence-corrected chi connectivity index (χ4v) is 4.68. The van der Waals surface area contributed by atoms with Crippen LogP contribution in [-0.4, -0.2) is 36.9 Å². The Morgan fingerprint density at radius 1 is 1.10 bits per heavy atom. The quantitative estimate of drug-likeness (QED) is 0.479. The molecule has 1 fully saturated rings. The molecule has 1 aliphatic carbocycles. The van der Waals surface area contributed by atoms with Gasteiger partial charge in [-0.2, -0.15) is 9.61 Å². The van der Waals surface area contributed by atoms with Gasteiger partial charge in [0.1, 0.15) is 11.4 Å². The number of aromatic nitrogens is 6. The van der Waals surface area contributed by atoms with E-state index in [9.17, 15) is 0 Å². The van der Waals surface area contributed by atoms with E-state index in [1.807, 2.05) is 30.3 Å². The number of nitrogen functional groups attached to an aromatic ring is 1. The minimum atomic E-state index is -0.185. The number of hydrogen-bond acceptors (Lipinski definition) is 8. The maximum atomic E-state index is 5.84. The number of nitrogens with zero attached hydrogens (tertiary/aromatic N) is 6. The van der Waals surface area contributed by atoms with E-state index in [0.717, 1.165) is 45.9 Å².